The summed E-state index contributed by atoms with van der Waals surface area (Å²) in [5.41, 5.74) is 1.25. The second-order valence-corrected chi connectivity index (χ2v) is 6.68. The fourth-order valence-corrected chi connectivity index (χ4v) is 3.65. The smallest absolute Gasteiger partial charge is 0.261 e. The first-order valence-corrected chi connectivity index (χ1v) is 8.77. The summed E-state index contributed by atoms with van der Waals surface area (Å²) in [6, 6.07) is 14.1. The number of rotatable bonds is 5. The Morgan fingerprint density at radius 3 is 2.74 bits per heavy atom. The largest absolute Gasteiger partial charge is 0.342 e. The molecule has 2 amide bonds. The van der Waals surface area contributed by atoms with Crippen molar-refractivity contribution < 1.29 is 9.59 Å². The molecule has 2 heterocycles. The minimum atomic E-state index is -0.174. The molecular formula is C18H20N2O2S. The highest BCUT2D eigenvalue weighted by Gasteiger charge is 2.28. The van der Waals surface area contributed by atoms with Gasteiger partial charge in [0.05, 0.1) is 11.4 Å². The number of hydrogen-bond donors (Lipinski definition) is 1. The summed E-state index contributed by atoms with van der Waals surface area (Å²) in [4.78, 5) is 26.9. The Balaban J connectivity index is 1.54. The summed E-state index contributed by atoms with van der Waals surface area (Å²) in [6.45, 7) is 0.854. The molecule has 5 heteroatoms. The van der Waals surface area contributed by atoms with Crippen LogP contribution in [-0.4, -0.2) is 35.8 Å². The van der Waals surface area contributed by atoms with Crippen LogP contribution in [0.1, 0.15) is 28.1 Å². The fraction of sp³-hybridized carbons (Fsp3) is 0.333. The summed E-state index contributed by atoms with van der Waals surface area (Å²) >= 11 is 1.38. The van der Waals surface area contributed by atoms with E-state index < -0.39 is 0 Å². The summed E-state index contributed by atoms with van der Waals surface area (Å²) in [5, 5.41) is 4.58. The molecule has 1 saturated heterocycles. The molecule has 1 aliphatic heterocycles. The van der Waals surface area contributed by atoms with E-state index in [0.717, 1.165) is 25.8 Å². The van der Waals surface area contributed by atoms with E-state index in [9.17, 15) is 9.59 Å². The van der Waals surface area contributed by atoms with Gasteiger partial charge in [-0.25, -0.2) is 0 Å². The minimum absolute atomic E-state index is 0.00772. The lowest BCUT2D eigenvalue weighted by molar-refractivity contribution is -0.130. The van der Waals surface area contributed by atoms with Gasteiger partial charge in [-0.1, -0.05) is 36.4 Å². The lowest BCUT2D eigenvalue weighted by atomic mass is 10.0. The van der Waals surface area contributed by atoms with Crippen LogP contribution in [-0.2, 0) is 11.2 Å². The van der Waals surface area contributed by atoms with Crippen molar-refractivity contribution in [1.82, 2.24) is 10.2 Å². The third-order valence-electron chi connectivity index (χ3n) is 4.16. The van der Waals surface area contributed by atoms with Gasteiger partial charge in [0.25, 0.3) is 5.91 Å². The van der Waals surface area contributed by atoms with E-state index in [4.69, 9.17) is 0 Å². The first-order chi connectivity index (χ1) is 11.2. The van der Waals surface area contributed by atoms with Crippen LogP contribution in [0.2, 0.25) is 0 Å². The number of hydrogen-bond acceptors (Lipinski definition) is 3. The van der Waals surface area contributed by atoms with Crippen molar-refractivity contribution in [2.24, 2.45) is 0 Å². The molecular weight excluding hydrogens is 308 g/mol. The first kappa shape index (κ1) is 15.7. The third kappa shape index (κ3) is 3.99. The number of amides is 2. The van der Waals surface area contributed by atoms with Crippen LogP contribution in [0, 0.1) is 0 Å². The predicted molar refractivity (Wildman–Crippen MR) is 91.5 cm³/mol. The van der Waals surface area contributed by atoms with Crippen LogP contribution < -0.4 is 5.32 Å². The van der Waals surface area contributed by atoms with Crippen molar-refractivity contribution in [1.29, 1.82) is 0 Å². The molecule has 0 bridgehead atoms. The second kappa shape index (κ2) is 7.42. The van der Waals surface area contributed by atoms with E-state index >= 15 is 0 Å². The van der Waals surface area contributed by atoms with Gasteiger partial charge < -0.3 is 10.2 Å². The van der Waals surface area contributed by atoms with E-state index in [1.807, 2.05) is 34.5 Å². The summed E-state index contributed by atoms with van der Waals surface area (Å²) in [7, 11) is 0. The molecule has 120 valence electrons. The Kier molecular flexibility index (Phi) is 5.08. The second-order valence-electron chi connectivity index (χ2n) is 5.73. The predicted octanol–water partition coefficient (Wildman–Crippen LogP) is 2.71. The van der Waals surface area contributed by atoms with E-state index in [1.54, 1.807) is 6.07 Å². The molecule has 1 N–H and O–H groups in total. The van der Waals surface area contributed by atoms with Crippen LogP contribution in [0.4, 0.5) is 0 Å². The van der Waals surface area contributed by atoms with Crippen molar-refractivity contribution >= 4 is 23.2 Å². The molecule has 0 aliphatic carbocycles. The molecule has 1 fully saturated rings. The van der Waals surface area contributed by atoms with Crippen LogP contribution in [0.25, 0.3) is 0 Å². The molecule has 3 rings (SSSR count). The van der Waals surface area contributed by atoms with E-state index in [2.05, 4.69) is 17.4 Å². The standard InChI is InChI=1S/C18H20N2O2S/c21-17(13-19-18(22)16-9-5-11-23-16)20-10-4-8-15(20)12-14-6-2-1-3-7-14/h1-3,5-7,9,11,15H,4,8,10,12-13H2,(H,19,22). The Bertz CT molecular complexity index is 655. The molecule has 0 saturated carbocycles. The molecule has 1 aromatic heterocycles. The van der Waals surface area contributed by atoms with Gasteiger partial charge in [0, 0.05) is 12.6 Å². The van der Waals surface area contributed by atoms with E-state index in [1.165, 1.54) is 16.9 Å². The number of carbonyl (C=O) groups excluding carboxylic acids is 2. The minimum Gasteiger partial charge on any atom is -0.342 e. The summed E-state index contributed by atoms with van der Waals surface area (Å²) in [5.74, 6) is -0.166. The van der Waals surface area contributed by atoms with E-state index in [0.29, 0.717) is 4.88 Å². The molecule has 0 spiro atoms. The normalized spacial score (nSPS) is 17.2. The topological polar surface area (TPSA) is 49.4 Å². The van der Waals surface area contributed by atoms with Crippen LogP contribution in [0.5, 0.6) is 0 Å². The van der Waals surface area contributed by atoms with Gasteiger partial charge in [0.1, 0.15) is 0 Å². The van der Waals surface area contributed by atoms with Gasteiger partial charge in [-0.15, -0.1) is 11.3 Å². The maximum atomic E-state index is 12.4. The van der Waals surface area contributed by atoms with E-state index in [-0.39, 0.29) is 24.4 Å². The van der Waals surface area contributed by atoms with Crippen LogP contribution in [0.3, 0.4) is 0 Å². The Morgan fingerprint density at radius 1 is 1.17 bits per heavy atom. The monoisotopic (exact) mass is 328 g/mol. The molecule has 1 aromatic carbocycles. The number of benzene rings is 1. The zero-order valence-electron chi connectivity index (χ0n) is 12.9. The van der Waals surface area contributed by atoms with Gasteiger partial charge in [0.2, 0.25) is 5.91 Å². The highest BCUT2D eigenvalue weighted by Crippen LogP contribution is 2.21. The number of nitrogens with one attached hydrogen (secondary N) is 1. The van der Waals surface area contributed by atoms with Crippen molar-refractivity contribution in [3.63, 3.8) is 0 Å². The van der Waals surface area contributed by atoms with Crippen molar-refractivity contribution in [3.8, 4) is 0 Å². The molecule has 4 nitrogen and oxygen atoms in total. The highest BCUT2D eigenvalue weighted by atomic mass is 32.1. The average molecular weight is 328 g/mol. The zero-order valence-corrected chi connectivity index (χ0v) is 13.7. The Hall–Kier alpha value is -2.14. The van der Waals surface area contributed by atoms with Crippen molar-refractivity contribution in [2.75, 3.05) is 13.1 Å². The summed E-state index contributed by atoms with van der Waals surface area (Å²) < 4.78 is 0. The summed E-state index contributed by atoms with van der Waals surface area (Å²) in [6.07, 6.45) is 2.94. The maximum Gasteiger partial charge on any atom is 0.261 e. The van der Waals surface area contributed by atoms with Crippen molar-refractivity contribution in [2.45, 2.75) is 25.3 Å². The quantitative estimate of drug-likeness (QED) is 0.917. The number of nitrogens with zero attached hydrogens (tertiary/aromatic N) is 1. The molecule has 0 radical (unpaired) electrons. The van der Waals surface area contributed by atoms with Gasteiger partial charge in [-0.3, -0.25) is 9.59 Å². The zero-order chi connectivity index (χ0) is 16.1. The Labute approximate surface area is 140 Å². The van der Waals surface area contributed by atoms with Crippen LogP contribution >= 0.6 is 11.3 Å². The molecule has 2 aromatic rings. The third-order valence-corrected chi connectivity index (χ3v) is 5.03. The SMILES string of the molecule is O=C(NCC(=O)N1CCCC1Cc1ccccc1)c1cccs1. The lowest BCUT2D eigenvalue weighted by Crippen LogP contribution is -2.43. The molecule has 1 aliphatic rings. The van der Waals surface area contributed by atoms with Gasteiger partial charge in [0.15, 0.2) is 0 Å². The molecule has 1 unspecified atom stereocenters. The van der Waals surface area contributed by atoms with Crippen molar-refractivity contribution in [3.05, 3.63) is 58.3 Å². The van der Waals surface area contributed by atoms with Gasteiger partial charge in [-0.2, -0.15) is 0 Å². The van der Waals surface area contributed by atoms with Gasteiger partial charge in [-0.05, 0) is 36.3 Å². The first-order valence-electron chi connectivity index (χ1n) is 7.89. The average Bonchev–Trinajstić information content (AvgIpc) is 3.25. The fourth-order valence-electron chi connectivity index (χ4n) is 3.01. The highest BCUT2D eigenvalue weighted by molar-refractivity contribution is 7.12. The molecule has 23 heavy (non-hydrogen) atoms. The number of likely N-dealkylation sites (tertiary alicyclic amines) is 1. The lowest BCUT2D eigenvalue weighted by Gasteiger charge is -2.25. The number of carbonyl (C=O) groups is 2. The Morgan fingerprint density at radius 2 is 2.00 bits per heavy atom. The number of thiophene rings is 1. The molecule has 1 atom stereocenters. The van der Waals surface area contributed by atoms with Crippen LogP contribution in [0.15, 0.2) is 47.8 Å². The maximum absolute atomic E-state index is 12.4. The van der Waals surface area contributed by atoms with Gasteiger partial charge >= 0.3 is 0 Å².